The van der Waals surface area contributed by atoms with Crippen LogP contribution in [0, 0.1) is 0 Å². The molecular formula is C16H18N2OS. The molecule has 3 N–H and O–H groups in total. The Kier molecular flexibility index (Phi) is 4.96. The molecule has 0 radical (unpaired) electrons. The van der Waals surface area contributed by atoms with Crippen LogP contribution in [0.15, 0.2) is 47.2 Å². The van der Waals surface area contributed by atoms with Crippen molar-refractivity contribution in [2.24, 2.45) is 0 Å². The van der Waals surface area contributed by atoms with Crippen LogP contribution in [-0.4, -0.2) is 11.9 Å². The molecule has 4 heteroatoms. The number of benzene rings is 1. The molecule has 0 aliphatic carbocycles. The summed E-state index contributed by atoms with van der Waals surface area (Å²) in [4.78, 5) is 11.8. The van der Waals surface area contributed by atoms with Gasteiger partial charge in [-0.3, -0.25) is 4.79 Å². The van der Waals surface area contributed by atoms with Crippen LogP contribution in [0.2, 0.25) is 0 Å². The molecule has 104 valence electrons. The van der Waals surface area contributed by atoms with Crippen LogP contribution in [0.4, 0.5) is 5.69 Å². The molecule has 0 aliphatic heterocycles. The lowest BCUT2D eigenvalue weighted by molar-refractivity contribution is -0.117. The van der Waals surface area contributed by atoms with E-state index in [9.17, 15) is 4.79 Å². The van der Waals surface area contributed by atoms with E-state index in [2.05, 4.69) is 16.8 Å². The normalized spacial score (nSPS) is 12.4. The van der Waals surface area contributed by atoms with Crippen molar-refractivity contribution >= 4 is 29.0 Å². The third-order valence-electron chi connectivity index (χ3n) is 2.85. The molecule has 0 saturated heterocycles. The second-order valence-electron chi connectivity index (χ2n) is 4.75. The molecule has 0 aliphatic rings. The molecule has 2 rings (SSSR count). The lowest BCUT2D eigenvalue weighted by Crippen LogP contribution is -2.32. The highest BCUT2D eigenvalue weighted by Crippen LogP contribution is 2.09. The van der Waals surface area contributed by atoms with Crippen molar-refractivity contribution in [3.63, 3.8) is 0 Å². The van der Waals surface area contributed by atoms with Gasteiger partial charge in [0.05, 0.1) is 0 Å². The van der Waals surface area contributed by atoms with Gasteiger partial charge in [-0.1, -0.05) is 12.1 Å². The van der Waals surface area contributed by atoms with Crippen LogP contribution in [0.1, 0.15) is 18.1 Å². The van der Waals surface area contributed by atoms with E-state index in [4.69, 9.17) is 5.73 Å². The molecule has 0 spiro atoms. The molecule has 3 nitrogen and oxygen atoms in total. The molecule has 0 saturated carbocycles. The molecule has 1 heterocycles. The highest BCUT2D eigenvalue weighted by Gasteiger charge is 2.06. The largest absolute Gasteiger partial charge is 0.399 e. The van der Waals surface area contributed by atoms with Gasteiger partial charge in [0, 0.05) is 17.8 Å². The molecule has 1 atom stereocenters. The zero-order valence-electron chi connectivity index (χ0n) is 11.4. The zero-order chi connectivity index (χ0) is 14.4. The summed E-state index contributed by atoms with van der Waals surface area (Å²) < 4.78 is 0. The number of hydrogen-bond donors (Lipinski definition) is 2. The Morgan fingerprint density at radius 3 is 3.00 bits per heavy atom. The quantitative estimate of drug-likeness (QED) is 0.655. The van der Waals surface area contributed by atoms with Crippen LogP contribution < -0.4 is 11.1 Å². The molecule has 1 aromatic heterocycles. The highest BCUT2D eigenvalue weighted by atomic mass is 32.1. The maximum atomic E-state index is 11.8. The monoisotopic (exact) mass is 286 g/mol. The SMILES string of the molecule is CC(Cc1ccsc1)NC(=O)/C=C/c1cccc(N)c1. The summed E-state index contributed by atoms with van der Waals surface area (Å²) in [5.41, 5.74) is 8.56. The molecule has 1 aromatic carbocycles. The minimum Gasteiger partial charge on any atom is -0.399 e. The first-order valence-corrected chi connectivity index (χ1v) is 7.43. The van der Waals surface area contributed by atoms with E-state index in [0.29, 0.717) is 5.69 Å². The minimum absolute atomic E-state index is 0.0878. The summed E-state index contributed by atoms with van der Waals surface area (Å²) >= 11 is 1.67. The summed E-state index contributed by atoms with van der Waals surface area (Å²) in [6.45, 7) is 2.00. The topological polar surface area (TPSA) is 55.1 Å². The van der Waals surface area contributed by atoms with E-state index in [1.165, 1.54) is 5.56 Å². The summed E-state index contributed by atoms with van der Waals surface area (Å²) in [6, 6.07) is 9.62. The van der Waals surface area contributed by atoms with Crippen molar-refractivity contribution in [1.82, 2.24) is 5.32 Å². The Bertz CT molecular complexity index is 590. The Morgan fingerprint density at radius 1 is 1.45 bits per heavy atom. The second kappa shape index (κ2) is 6.91. The maximum absolute atomic E-state index is 11.8. The van der Waals surface area contributed by atoms with Crippen LogP contribution >= 0.6 is 11.3 Å². The third-order valence-corrected chi connectivity index (χ3v) is 3.58. The molecule has 20 heavy (non-hydrogen) atoms. The van der Waals surface area contributed by atoms with E-state index < -0.39 is 0 Å². The van der Waals surface area contributed by atoms with Crippen LogP contribution in [-0.2, 0) is 11.2 Å². The average Bonchev–Trinajstić information content (AvgIpc) is 2.89. The van der Waals surface area contributed by atoms with Gasteiger partial charge in [-0.15, -0.1) is 0 Å². The molecule has 0 bridgehead atoms. The van der Waals surface area contributed by atoms with Gasteiger partial charge in [0.25, 0.3) is 0 Å². The van der Waals surface area contributed by atoms with E-state index in [1.54, 1.807) is 23.5 Å². The van der Waals surface area contributed by atoms with Crippen molar-refractivity contribution in [2.45, 2.75) is 19.4 Å². The van der Waals surface area contributed by atoms with Crippen molar-refractivity contribution in [3.8, 4) is 0 Å². The van der Waals surface area contributed by atoms with Gasteiger partial charge >= 0.3 is 0 Å². The van der Waals surface area contributed by atoms with E-state index in [0.717, 1.165) is 12.0 Å². The summed E-state index contributed by atoms with van der Waals surface area (Å²) in [5.74, 6) is -0.0878. The maximum Gasteiger partial charge on any atom is 0.244 e. The summed E-state index contributed by atoms with van der Waals surface area (Å²) in [7, 11) is 0. The first kappa shape index (κ1) is 14.3. The van der Waals surface area contributed by atoms with Gasteiger partial charge in [0.15, 0.2) is 0 Å². The third kappa shape index (κ3) is 4.55. The number of carbonyl (C=O) groups is 1. The molecule has 1 unspecified atom stereocenters. The lowest BCUT2D eigenvalue weighted by Gasteiger charge is -2.11. The van der Waals surface area contributed by atoms with Crippen molar-refractivity contribution in [2.75, 3.05) is 5.73 Å². The van der Waals surface area contributed by atoms with E-state index >= 15 is 0 Å². The van der Waals surface area contributed by atoms with Gasteiger partial charge in [-0.2, -0.15) is 11.3 Å². The highest BCUT2D eigenvalue weighted by molar-refractivity contribution is 7.07. The van der Waals surface area contributed by atoms with Gasteiger partial charge in [0.1, 0.15) is 0 Å². The van der Waals surface area contributed by atoms with Crippen LogP contribution in [0.5, 0.6) is 0 Å². The summed E-state index contributed by atoms with van der Waals surface area (Å²) in [6.07, 6.45) is 4.16. The first-order valence-electron chi connectivity index (χ1n) is 6.48. The number of nitrogen functional groups attached to an aromatic ring is 1. The predicted molar refractivity (Wildman–Crippen MR) is 85.5 cm³/mol. The van der Waals surface area contributed by atoms with E-state index in [1.807, 2.05) is 36.6 Å². The first-order chi connectivity index (χ1) is 9.63. The van der Waals surface area contributed by atoms with Crippen molar-refractivity contribution in [1.29, 1.82) is 0 Å². The number of nitrogens with two attached hydrogens (primary N) is 1. The minimum atomic E-state index is -0.0878. The number of amides is 1. The van der Waals surface area contributed by atoms with Gasteiger partial charge < -0.3 is 11.1 Å². The standard InChI is InChI=1S/C16H18N2OS/c1-12(9-14-7-8-20-11-14)18-16(19)6-5-13-3-2-4-15(17)10-13/h2-8,10-12H,9,17H2,1H3,(H,18,19)/b6-5+. The lowest BCUT2D eigenvalue weighted by atomic mass is 10.1. The Morgan fingerprint density at radius 2 is 2.30 bits per heavy atom. The number of carbonyl (C=O) groups excluding carboxylic acids is 1. The Balaban J connectivity index is 1.85. The fourth-order valence-electron chi connectivity index (χ4n) is 1.94. The smallest absolute Gasteiger partial charge is 0.244 e. The molecular weight excluding hydrogens is 268 g/mol. The number of rotatable bonds is 5. The predicted octanol–water partition coefficient (Wildman–Crippen LogP) is 3.09. The van der Waals surface area contributed by atoms with Crippen molar-refractivity contribution in [3.05, 3.63) is 58.3 Å². The van der Waals surface area contributed by atoms with Gasteiger partial charge in [-0.05, 0) is 59.5 Å². The van der Waals surface area contributed by atoms with Crippen molar-refractivity contribution < 1.29 is 4.79 Å². The fraction of sp³-hybridized carbons (Fsp3) is 0.188. The fourth-order valence-corrected chi connectivity index (χ4v) is 2.62. The average molecular weight is 286 g/mol. The molecule has 0 fully saturated rings. The summed E-state index contributed by atoms with van der Waals surface area (Å²) in [5, 5.41) is 7.10. The van der Waals surface area contributed by atoms with E-state index in [-0.39, 0.29) is 11.9 Å². The number of hydrogen-bond acceptors (Lipinski definition) is 3. The zero-order valence-corrected chi connectivity index (χ0v) is 12.2. The van der Waals surface area contributed by atoms with Crippen LogP contribution in [0.3, 0.4) is 0 Å². The van der Waals surface area contributed by atoms with Gasteiger partial charge in [-0.25, -0.2) is 0 Å². The van der Waals surface area contributed by atoms with Gasteiger partial charge in [0.2, 0.25) is 5.91 Å². The van der Waals surface area contributed by atoms with Crippen LogP contribution in [0.25, 0.3) is 6.08 Å². The Hall–Kier alpha value is -2.07. The number of thiophene rings is 1. The number of nitrogens with one attached hydrogen (secondary N) is 1. The Labute approximate surface area is 123 Å². The number of anilines is 1. The second-order valence-corrected chi connectivity index (χ2v) is 5.53. The molecule has 1 amide bonds. The molecule has 2 aromatic rings.